The van der Waals surface area contributed by atoms with Crippen LogP contribution < -0.4 is 10.5 Å². The molecule has 2 N–H and O–H groups in total. The van der Waals surface area contributed by atoms with Gasteiger partial charge in [-0.2, -0.15) is 11.3 Å². The molecule has 0 aliphatic carbocycles. The molecule has 3 rings (SSSR count). The predicted molar refractivity (Wildman–Crippen MR) is 92.9 cm³/mol. The topological polar surface area (TPSA) is 55.6 Å². The van der Waals surface area contributed by atoms with Crippen molar-refractivity contribution in [1.29, 1.82) is 0 Å². The van der Waals surface area contributed by atoms with Gasteiger partial charge in [0.2, 0.25) is 5.91 Å². The van der Waals surface area contributed by atoms with Gasteiger partial charge in [-0.1, -0.05) is 12.1 Å². The molecule has 0 saturated carbocycles. The van der Waals surface area contributed by atoms with Gasteiger partial charge < -0.3 is 15.4 Å². The molecule has 2 aromatic rings. The number of methoxy groups -OCH3 is 1. The highest BCUT2D eigenvalue weighted by Crippen LogP contribution is 2.28. The Kier molecular flexibility index (Phi) is 4.98. The number of thiophene rings is 1. The van der Waals surface area contributed by atoms with E-state index in [0.29, 0.717) is 19.5 Å². The van der Waals surface area contributed by atoms with Crippen LogP contribution in [-0.2, 0) is 11.2 Å². The zero-order valence-corrected chi connectivity index (χ0v) is 14.1. The average molecular weight is 330 g/mol. The summed E-state index contributed by atoms with van der Waals surface area (Å²) in [6, 6.07) is 10.1. The van der Waals surface area contributed by atoms with Crippen LogP contribution >= 0.6 is 11.3 Å². The highest BCUT2D eigenvalue weighted by molar-refractivity contribution is 7.07. The molecule has 1 amide bonds. The van der Waals surface area contributed by atoms with E-state index in [-0.39, 0.29) is 17.9 Å². The van der Waals surface area contributed by atoms with Crippen LogP contribution in [0.3, 0.4) is 0 Å². The van der Waals surface area contributed by atoms with E-state index in [1.54, 1.807) is 18.4 Å². The molecule has 0 radical (unpaired) electrons. The molecule has 5 heteroatoms. The molecule has 1 fully saturated rings. The van der Waals surface area contributed by atoms with Crippen LogP contribution in [0.15, 0.2) is 41.1 Å². The first-order valence-electron chi connectivity index (χ1n) is 7.85. The van der Waals surface area contributed by atoms with Gasteiger partial charge in [0.05, 0.1) is 7.11 Å². The minimum absolute atomic E-state index is 0.00603. The van der Waals surface area contributed by atoms with Gasteiger partial charge in [0, 0.05) is 31.5 Å². The highest BCUT2D eigenvalue weighted by Gasteiger charge is 2.33. The van der Waals surface area contributed by atoms with Crippen molar-refractivity contribution in [1.82, 2.24) is 4.90 Å². The number of carbonyl (C=O) groups excluding carboxylic acids is 1. The van der Waals surface area contributed by atoms with Gasteiger partial charge in [-0.15, -0.1) is 0 Å². The summed E-state index contributed by atoms with van der Waals surface area (Å²) in [5.41, 5.74) is 8.68. The van der Waals surface area contributed by atoms with Crippen molar-refractivity contribution in [2.24, 2.45) is 5.73 Å². The lowest BCUT2D eigenvalue weighted by Crippen LogP contribution is -2.32. The van der Waals surface area contributed by atoms with E-state index in [1.807, 2.05) is 34.5 Å². The fourth-order valence-electron chi connectivity index (χ4n) is 3.08. The molecule has 2 heterocycles. The maximum absolute atomic E-state index is 12.4. The molecule has 23 heavy (non-hydrogen) atoms. The van der Waals surface area contributed by atoms with Crippen LogP contribution in [0, 0.1) is 0 Å². The molecular formula is C18H22N2O2S. The maximum Gasteiger partial charge on any atom is 0.222 e. The van der Waals surface area contributed by atoms with E-state index in [2.05, 4.69) is 11.4 Å². The minimum Gasteiger partial charge on any atom is -0.497 e. The lowest BCUT2D eigenvalue weighted by atomic mass is 9.95. The number of rotatable bonds is 5. The summed E-state index contributed by atoms with van der Waals surface area (Å²) in [5, 5.41) is 4.15. The van der Waals surface area contributed by atoms with Crippen LogP contribution in [0.25, 0.3) is 0 Å². The molecule has 1 saturated heterocycles. The molecule has 1 aromatic carbocycles. The Hall–Kier alpha value is -1.85. The third-order valence-electron chi connectivity index (χ3n) is 4.47. The van der Waals surface area contributed by atoms with Crippen LogP contribution in [0.1, 0.15) is 23.5 Å². The SMILES string of the molecule is COc1ccc([C@@H]2CN(C(=O)CCc3ccsc3)C[C@H]2N)cc1. The normalized spacial score (nSPS) is 20.7. The van der Waals surface area contributed by atoms with Gasteiger partial charge in [0.25, 0.3) is 0 Å². The first-order chi connectivity index (χ1) is 11.2. The van der Waals surface area contributed by atoms with Crippen LogP contribution in [0.5, 0.6) is 5.75 Å². The molecule has 0 unspecified atom stereocenters. The maximum atomic E-state index is 12.4. The lowest BCUT2D eigenvalue weighted by molar-refractivity contribution is -0.130. The van der Waals surface area contributed by atoms with E-state index in [0.717, 1.165) is 12.2 Å². The number of hydrogen-bond donors (Lipinski definition) is 1. The summed E-state index contributed by atoms with van der Waals surface area (Å²) in [4.78, 5) is 14.3. The third-order valence-corrected chi connectivity index (χ3v) is 5.20. The van der Waals surface area contributed by atoms with Crippen LogP contribution in [0.2, 0.25) is 0 Å². The van der Waals surface area contributed by atoms with E-state index in [4.69, 9.17) is 10.5 Å². The van der Waals surface area contributed by atoms with Crippen LogP contribution in [-0.4, -0.2) is 37.0 Å². The number of hydrogen-bond acceptors (Lipinski definition) is 4. The quantitative estimate of drug-likeness (QED) is 0.917. The van der Waals surface area contributed by atoms with Gasteiger partial charge in [-0.3, -0.25) is 4.79 Å². The summed E-state index contributed by atoms with van der Waals surface area (Å²) >= 11 is 1.67. The second kappa shape index (κ2) is 7.15. The fraction of sp³-hybridized carbons (Fsp3) is 0.389. The molecule has 1 aliphatic heterocycles. The van der Waals surface area contributed by atoms with Crippen molar-refractivity contribution in [3.63, 3.8) is 0 Å². The molecule has 2 atom stereocenters. The molecule has 0 bridgehead atoms. The Morgan fingerprint density at radius 1 is 1.30 bits per heavy atom. The summed E-state index contributed by atoms with van der Waals surface area (Å²) in [7, 11) is 1.66. The van der Waals surface area contributed by atoms with Gasteiger partial charge >= 0.3 is 0 Å². The Labute approximate surface area is 140 Å². The smallest absolute Gasteiger partial charge is 0.222 e. The minimum atomic E-state index is -0.00603. The Balaban J connectivity index is 1.59. The van der Waals surface area contributed by atoms with E-state index in [9.17, 15) is 4.79 Å². The molecule has 1 aliphatic rings. The number of benzene rings is 1. The van der Waals surface area contributed by atoms with Crippen molar-refractivity contribution < 1.29 is 9.53 Å². The summed E-state index contributed by atoms with van der Waals surface area (Å²) in [6.45, 7) is 1.34. The van der Waals surface area contributed by atoms with E-state index < -0.39 is 0 Å². The number of carbonyl (C=O) groups is 1. The molecule has 0 spiro atoms. The van der Waals surface area contributed by atoms with Crippen molar-refractivity contribution in [2.75, 3.05) is 20.2 Å². The lowest BCUT2D eigenvalue weighted by Gasteiger charge is -2.16. The number of likely N-dealkylation sites (tertiary alicyclic amines) is 1. The molecule has 1 aromatic heterocycles. The van der Waals surface area contributed by atoms with Crippen molar-refractivity contribution in [3.05, 3.63) is 52.2 Å². The molecule has 4 nitrogen and oxygen atoms in total. The molecule has 122 valence electrons. The number of amides is 1. The second-order valence-corrected chi connectivity index (χ2v) is 6.75. The van der Waals surface area contributed by atoms with Gasteiger partial charge in [-0.05, 0) is 46.5 Å². The molecular weight excluding hydrogens is 308 g/mol. The monoisotopic (exact) mass is 330 g/mol. The zero-order chi connectivity index (χ0) is 16.2. The van der Waals surface area contributed by atoms with Crippen molar-refractivity contribution >= 4 is 17.2 Å². The fourth-order valence-corrected chi connectivity index (χ4v) is 3.78. The van der Waals surface area contributed by atoms with Gasteiger partial charge in [0.1, 0.15) is 5.75 Å². The van der Waals surface area contributed by atoms with Crippen LogP contribution in [0.4, 0.5) is 0 Å². The predicted octanol–water partition coefficient (Wildman–Crippen LogP) is 2.64. The first kappa shape index (κ1) is 16.0. The summed E-state index contributed by atoms with van der Waals surface area (Å²) < 4.78 is 5.19. The Morgan fingerprint density at radius 3 is 2.74 bits per heavy atom. The van der Waals surface area contributed by atoms with Crippen molar-refractivity contribution in [3.8, 4) is 5.75 Å². The van der Waals surface area contributed by atoms with E-state index >= 15 is 0 Å². The highest BCUT2D eigenvalue weighted by atomic mass is 32.1. The number of aryl methyl sites for hydroxylation is 1. The largest absolute Gasteiger partial charge is 0.497 e. The van der Waals surface area contributed by atoms with Gasteiger partial charge in [0.15, 0.2) is 0 Å². The third kappa shape index (κ3) is 3.74. The Morgan fingerprint density at radius 2 is 2.09 bits per heavy atom. The Bertz CT molecular complexity index is 640. The van der Waals surface area contributed by atoms with Crippen molar-refractivity contribution in [2.45, 2.75) is 24.8 Å². The summed E-state index contributed by atoms with van der Waals surface area (Å²) in [5.74, 6) is 1.23. The first-order valence-corrected chi connectivity index (χ1v) is 8.80. The number of ether oxygens (including phenoxy) is 1. The standard InChI is InChI=1S/C18H22N2O2S/c1-22-15-5-3-14(4-6-15)16-10-20(11-17(16)19)18(21)7-2-13-8-9-23-12-13/h3-6,8-9,12,16-17H,2,7,10-11,19H2,1H3/t16-,17+/m0/s1. The van der Waals surface area contributed by atoms with Gasteiger partial charge in [-0.25, -0.2) is 0 Å². The average Bonchev–Trinajstić information content (AvgIpc) is 3.22. The van der Waals surface area contributed by atoms with E-state index in [1.165, 1.54) is 11.1 Å². The second-order valence-electron chi connectivity index (χ2n) is 5.97. The summed E-state index contributed by atoms with van der Waals surface area (Å²) in [6.07, 6.45) is 1.36. The zero-order valence-electron chi connectivity index (χ0n) is 13.3. The number of nitrogens with zero attached hydrogens (tertiary/aromatic N) is 1. The number of nitrogens with two attached hydrogens (primary N) is 1.